The number of amides is 1. The number of nitrogens with one attached hydrogen (secondary N) is 3. The third-order valence-electron chi connectivity index (χ3n) is 8.57. The molecule has 2 aliphatic carbocycles. The van der Waals surface area contributed by atoms with Crippen molar-refractivity contribution < 1.29 is 9.90 Å². The number of rotatable bonds is 5. The van der Waals surface area contributed by atoms with Crippen molar-refractivity contribution >= 4 is 16.8 Å². The molecule has 8 nitrogen and oxygen atoms in total. The van der Waals surface area contributed by atoms with Crippen molar-refractivity contribution in [3.8, 4) is 0 Å². The summed E-state index contributed by atoms with van der Waals surface area (Å²) in [5.41, 5.74) is 9.35. The molecule has 6 atom stereocenters. The monoisotopic (exact) mass is 488 g/mol. The third kappa shape index (κ3) is 4.65. The van der Waals surface area contributed by atoms with Gasteiger partial charge in [-0.2, -0.15) is 5.10 Å². The first-order valence-corrected chi connectivity index (χ1v) is 13.3. The number of benzene rings is 1. The van der Waals surface area contributed by atoms with Gasteiger partial charge in [0.1, 0.15) is 0 Å². The van der Waals surface area contributed by atoms with Gasteiger partial charge in [0.25, 0.3) is 0 Å². The number of para-hydroxylation sites is 1. The first kappa shape index (κ1) is 23.6. The molecule has 6 rings (SSSR count). The number of aromatic nitrogens is 3. The fourth-order valence-electron chi connectivity index (χ4n) is 6.74. The summed E-state index contributed by atoms with van der Waals surface area (Å²) in [6, 6.07) is 12.9. The molecule has 0 radical (unpaired) electrons. The predicted molar refractivity (Wildman–Crippen MR) is 138 cm³/mol. The topological polar surface area (TPSA) is 104 Å². The Labute approximate surface area is 211 Å². The Morgan fingerprint density at radius 3 is 3.00 bits per heavy atom. The minimum absolute atomic E-state index is 0.00321. The number of hydrogen-bond donors (Lipinski definition) is 4. The number of pyridine rings is 1. The van der Waals surface area contributed by atoms with Crippen LogP contribution < -0.4 is 16.2 Å². The van der Waals surface area contributed by atoms with Crippen molar-refractivity contribution in [3.63, 3.8) is 0 Å². The van der Waals surface area contributed by atoms with E-state index in [-0.39, 0.29) is 23.9 Å². The number of hydrazine groups is 1. The van der Waals surface area contributed by atoms with Gasteiger partial charge in [0.05, 0.1) is 29.9 Å². The van der Waals surface area contributed by atoms with Crippen molar-refractivity contribution in [3.05, 3.63) is 60.0 Å². The van der Waals surface area contributed by atoms with E-state index in [1.165, 1.54) is 5.56 Å². The molecule has 0 bridgehead atoms. The van der Waals surface area contributed by atoms with E-state index in [0.717, 1.165) is 55.1 Å². The van der Waals surface area contributed by atoms with E-state index in [4.69, 9.17) is 0 Å². The maximum atomic E-state index is 13.4. The first-order chi connectivity index (χ1) is 17.5. The van der Waals surface area contributed by atoms with Crippen LogP contribution in [-0.4, -0.2) is 43.5 Å². The number of nitrogens with zero attached hydrogens (tertiary/aromatic N) is 3. The predicted octanol–water partition coefficient (Wildman–Crippen LogP) is 3.16. The molecule has 1 saturated heterocycles. The summed E-state index contributed by atoms with van der Waals surface area (Å²) in [5, 5.41) is 20.4. The van der Waals surface area contributed by atoms with Crippen LogP contribution in [0, 0.1) is 18.8 Å². The molecule has 3 aromatic rings. The van der Waals surface area contributed by atoms with Crippen molar-refractivity contribution in [2.45, 2.75) is 82.1 Å². The van der Waals surface area contributed by atoms with Crippen LogP contribution in [0.3, 0.4) is 0 Å². The fraction of sp³-hybridized carbons (Fsp3) is 0.536. The van der Waals surface area contributed by atoms with Crippen molar-refractivity contribution in [1.82, 2.24) is 30.9 Å². The average molecular weight is 489 g/mol. The highest BCUT2D eigenvalue weighted by Crippen LogP contribution is 2.41. The van der Waals surface area contributed by atoms with Gasteiger partial charge in [-0.05, 0) is 81.5 Å². The number of aliphatic hydroxyl groups is 1. The lowest BCUT2D eigenvalue weighted by atomic mass is 9.74. The first-order valence-electron chi connectivity index (χ1n) is 13.3. The normalized spacial score (nSPS) is 32.3. The van der Waals surface area contributed by atoms with Gasteiger partial charge in [-0.15, -0.1) is 0 Å². The lowest BCUT2D eigenvalue weighted by Gasteiger charge is -2.38. The van der Waals surface area contributed by atoms with Gasteiger partial charge in [-0.25, -0.2) is 5.43 Å². The molecule has 0 spiro atoms. The van der Waals surface area contributed by atoms with Crippen molar-refractivity contribution in [2.24, 2.45) is 11.8 Å². The molecular formula is C28H36N6O2. The Bertz CT molecular complexity index is 1240. The van der Waals surface area contributed by atoms with Gasteiger partial charge in [-0.1, -0.05) is 18.2 Å². The Balaban J connectivity index is 1.09. The number of carbonyl (C=O) groups is 1. The molecule has 4 unspecified atom stereocenters. The van der Waals surface area contributed by atoms with Crippen LogP contribution in [0.15, 0.2) is 48.8 Å². The third-order valence-corrected chi connectivity index (χ3v) is 8.57. The van der Waals surface area contributed by atoms with Crippen LogP contribution in [0.25, 0.3) is 10.9 Å². The Morgan fingerprint density at radius 1 is 1.22 bits per heavy atom. The van der Waals surface area contributed by atoms with Gasteiger partial charge in [0.2, 0.25) is 5.91 Å². The molecule has 2 saturated carbocycles. The minimum atomic E-state index is -0.869. The molecule has 3 heterocycles. The highest BCUT2D eigenvalue weighted by atomic mass is 16.3. The minimum Gasteiger partial charge on any atom is -0.388 e. The van der Waals surface area contributed by atoms with E-state index in [0.29, 0.717) is 24.9 Å². The van der Waals surface area contributed by atoms with Crippen LogP contribution in [0.2, 0.25) is 0 Å². The summed E-state index contributed by atoms with van der Waals surface area (Å²) in [6.45, 7) is 2.46. The van der Waals surface area contributed by atoms with Gasteiger partial charge in [0, 0.05) is 35.3 Å². The molecule has 4 N–H and O–H groups in total. The van der Waals surface area contributed by atoms with Crippen molar-refractivity contribution in [2.75, 3.05) is 0 Å². The molecule has 1 aliphatic heterocycles. The zero-order valence-corrected chi connectivity index (χ0v) is 20.9. The zero-order chi connectivity index (χ0) is 24.7. The lowest BCUT2D eigenvalue weighted by molar-refractivity contribution is -0.128. The molecule has 1 aromatic carbocycles. The van der Waals surface area contributed by atoms with Gasteiger partial charge in [-0.3, -0.25) is 19.9 Å². The zero-order valence-electron chi connectivity index (χ0n) is 20.9. The summed E-state index contributed by atoms with van der Waals surface area (Å²) in [7, 11) is 0. The average Bonchev–Trinajstić information content (AvgIpc) is 3.48. The second-order valence-electron chi connectivity index (χ2n) is 11.2. The van der Waals surface area contributed by atoms with E-state index in [1.807, 2.05) is 48.3 Å². The second-order valence-corrected chi connectivity index (χ2v) is 11.2. The lowest BCUT2D eigenvalue weighted by Crippen LogP contribution is -2.50. The standard InChI is InChI=1S/C28H36N6O2/c1-18-13-19(10-12-29-18)26-23-14-20(8-9-24(23)32-33-26)27(35)31-22-6-4-11-28(36,15-22)17-34-25-7-3-2-5-21(25)16-30-34/h2-3,5,7,10,12-13,16,20,22-24,26,32-33,36H,4,6,8-9,11,14-15,17H2,1H3,(H,31,35)/t20?,22-,23?,24?,26?,28+/m1/s1. The quantitative estimate of drug-likeness (QED) is 0.440. The van der Waals surface area contributed by atoms with Crippen molar-refractivity contribution in [1.29, 1.82) is 0 Å². The summed E-state index contributed by atoms with van der Waals surface area (Å²) in [4.78, 5) is 17.7. The van der Waals surface area contributed by atoms with Crippen LogP contribution >= 0.6 is 0 Å². The van der Waals surface area contributed by atoms with E-state index < -0.39 is 5.60 Å². The van der Waals surface area contributed by atoms with E-state index in [2.05, 4.69) is 38.4 Å². The molecule has 8 heteroatoms. The summed E-state index contributed by atoms with van der Waals surface area (Å²) in [6.07, 6.45) is 9.55. The van der Waals surface area contributed by atoms with Gasteiger partial charge in [0.15, 0.2) is 0 Å². The van der Waals surface area contributed by atoms with Crippen LogP contribution in [0.4, 0.5) is 0 Å². The van der Waals surface area contributed by atoms with Gasteiger partial charge >= 0.3 is 0 Å². The molecule has 3 fully saturated rings. The Morgan fingerprint density at radius 2 is 2.11 bits per heavy atom. The number of fused-ring (bicyclic) bond motifs is 2. The smallest absolute Gasteiger partial charge is 0.223 e. The molecule has 1 amide bonds. The molecule has 3 aliphatic rings. The van der Waals surface area contributed by atoms with Crippen LogP contribution in [0.1, 0.15) is 62.2 Å². The Hall–Kier alpha value is -2.81. The number of carbonyl (C=O) groups excluding carboxylic acids is 1. The summed E-state index contributed by atoms with van der Waals surface area (Å²) < 4.78 is 1.90. The largest absolute Gasteiger partial charge is 0.388 e. The highest BCUT2D eigenvalue weighted by Gasteiger charge is 2.43. The number of aryl methyl sites for hydroxylation is 1. The summed E-state index contributed by atoms with van der Waals surface area (Å²) in [5.74, 6) is 0.514. The van der Waals surface area contributed by atoms with Crippen LogP contribution in [0.5, 0.6) is 0 Å². The van der Waals surface area contributed by atoms with E-state index in [1.54, 1.807) is 0 Å². The summed E-state index contributed by atoms with van der Waals surface area (Å²) >= 11 is 0. The van der Waals surface area contributed by atoms with Gasteiger partial charge < -0.3 is 10.4 Å². The molecular weight excluding hydrogens is 452 g/mol. The highest BCUT2D eigenvalue weighted by molar-refractivity contribution is 5.79. The van der Waals surface area contributed by atoms with Crippen LogP contribution in [-0.2, 0) is 11.3 Å². The maximum Gasteiger partial charge on any atom is 0.223 e. The SMILES string of the molecule is Cc1cc(C2NNC3CCC(C(=O)N[C@@H]4CCC[C@@](O)(Cn5ncc6ccccc65)C4)CC32)ccn1. The van der Waals surface area contributed by atoms with E-state index >= 15 is 0 Å². The molecule has 2 aromatic heterocycles. The maximum absolute atomic E-state index is 13.4. The van der Waals surface area contributed by atoms with E-state index in [9.17, 15) is 9.90 Å². The number of hydrogen-bond acceptors (Lipinski definition) is 6. The fourth-order valence-corrected chi connectivity index (χ4v) is 6.74. The molecule has 36 heavy (non-hydrogen) atoms. The second kappa shape index (κ2) is 9.57. The molecule has 190 valence electrons. The Kier molecular flexibility index (Phi) is 6.27.